The highest BCUT2D eigenvalue weighted by molar-refractivity contribution is 7.92. The molecule has 226 valence electrons. The van der Waals surface area contributed by atoms with Crippen LogP contribution in [0.4, 0.5) is 23.2 Å². The Kier molecular flexibility index (Phi) is 10.6. The van der Waals surface area contributed by atoms with Gasteiger partial charge in [0.25, 0.3) is 10.0 Å². The molecular weight excluding hydrogens is 598 g/mol. The lowest BCUT2D eigenvalue weighted by molar-refractivity contribution is -0.139. The molecule has 0 aromatic heterocycles. The summed E-state index contributed by atoms with van der Waals surface area (Å²) in [5.41, 5.74) is -1.31. The van der Waals surface area contributed by atoms with Gasteiger partial charge in [-0.25, -0.2) is 12.8 Å². The molecule has 0 heterocycles. The molecule has 0 fully saturated rings. The Morgan fingerprint density at radius 3 is 2.17 bits per heavy atom. The van der Waals surface area contributed by atoms with Crippen molar-refractivity contribution in [2.45, 2.75) is 56.9 Å². The van der Waals surface area contributed by atoms with Crippen LogP contribution >= 0.6 is 11.6 Å². The number of alkyl halides is 3. The lowest BCUT2D eigenvalue weighted by atomic mass is 10.1. The van der Waals surface area contributed by atoms with Crippen molar-refractivity contribution in [3.8, 4) is 0 Å². The third-order valence-corrected chi connectivity index (χ3v) is 8.68. The van der Waals surface area contributed by atoms with Gasteiger partial charge in [0.2, 0.25) is 11.8 Å². The molecule has 0 aliphatic heterocycles. The van der Waals surface area contributed by atoms with E-state index in [0.29, 0.717) is 28.4 Å². The van der Waals surface area contributed by atoms with Gasteiger partial charge in [0.15, 0.2) is 0 Å². The minimum absolute atomic E-state index is 0.218. The molecule has 3 aromatic rings. The number of nitrogens with zero attached hydrogens (tertiary/aromatic N) is 2. The highest BCUT2D eigenvalue weighted by Gasteiger charge is 2.36. The van der Waals surface area contributed by atoms with Crippen molar-refractivity contribution in [1.82, 2.24) is 10.2 Å². The maximum Gasteiger partial charge on any atom is 0.416 e. The van der Waals surface area contributed by atoms with E-state index in [-0.39, 0.29) is 22.5 Å². The van der Waals surface area contributed by atoms with E-state index in [1.807, 2.05) is 6.92 Å². The van der Waals surface area contributed by atoms with E-state index in [1.54, 1.807) is 13.0 Å². The molecule has 0 unspecified atom stereocenters. The van der Waals surface area contributed by atoms with Crippen LogP contribution in [-0.2, 0) is 32.3 Å². The first-order valence-electron chi connectivity index (χ1n) is 12.9. The first-order valence-corrected chi connectivity index (χ1v) is 14.8. The number of sulfonamides is 1. The summed E-state index contributed by atoms with van der Waals surface area (Å²) in [6, 6.07) is 12.8. The second-order valence-electron chi connectivity index (χ2n) is 9.63. The molecule has 1 N–H and O–H groups in total. The van der Waals surface area contributed by atoms with Crippen LogP contribution in [0.25, 0.3) is 0 Å². The predicted octanol–water partition coefficient (Wildman–Crippen LogP) is 6.03. The van der Waals surface area contributed by atoms with Crippen LogP contribution in [0.3, 0.4) is 0 Å². The molecular formula is C29H30ClF4N3O4S. The van der Waals surface area contributed by atoms with Gasteiger partial charge in [0.1, 0.15) is 18.4 Å². The zero-order valence-corrected chi connectivity index (χ0v) is 24.6. The third kappa shape index (κ3) is 8.01. The molecule has 0 saturated heterocycles. The second kappa shape index (κ2) is 13.6. The number of carbonyl (C=O) groups excluding carboxylic acids is 2. The van der Waals surface area contributed by atoms with E-state index in [9.17, 15) is 35.6 Å². The Morgan fingerprint density at radius 1 is 0.976 bits per heavy atom. The fraction of sp³-hybridized carbons (Fsp3) is 0.310. The SMILES string of the molecule is CC[C@@H](C)NC(=O)[C@H](C)N(Cc1ccc(F)cc1)C(=O)CN(c1cc(C(F)(F)F)ccc1Cl)S(=O)(=O)c1ccccc1. The van der Waals surface area contributed by atoms with Crippen LogP contribution in [-0.4, -0.2) is 43.8 Å². The monoisotopic (exact) mass is 627 g/mol. The zero-order chi connectivity index (χ0) is 31.2. The topological polar surface area (TPSA) is 86.8 Å². The smallest absolute Gasteiger partial charge is 0.352 e. The summed E-state index contributed by atoms with van der Waals surface area (Å²) in [6.45, 7) is 3.85. The number of hydrogen-bond donors (Lipinski definition) is 1. The molecule has 2 amide bonds. The van der Waals surface area contributed by atoms with Gasteiger partial charge in [0.05, 0.1) is 21.2 Å². The van der Waals surface area contributed by atoms with Crippen molar-refractivity contribution in [1.29, 1.82) is 0 Å². The lowest BCUT2D eigenvalue weighted by Crippen LogP contribution is -2.52. The first kappa shape index (κ1) is 32.9. The molecule has 0 bridgehead atoms. The van der Waals surface area contributed by atoms with Crippen molar-refractivity contribution in [3.05, 3.63) is 94.8 Å². The van der Waals surface area contributed by atoms with Crippen molar-refractivity contribution >= 4 is 39.1 Å². The van der Waals surface area contributed by atoms with E-state index in [1.165, 1.54) is 43.3 Å². The number of halogens is 5. The number of hydrogen-bond acceptors (Lipinski definition) is 4. The Labute approximate surface area is 247 Å². The summed E-state index contributed by atoms with van der Waals surface area (Å²) in [4.78, 5) is 27.7. The molecule has 13 heteroatoms. The van der Waals surface area contributed by atoms with Crippen LogP contribution in [0.1, 0.15) is 38.3 Å². The molecule has 3 rings (SSSR count). The van der Waals surface area contributed by atoms with Gasteiger partial charge < -0.3 is 10.2 Å². The number of anilines is 1. The van der Waals surface area contributed by atoms with E-state index >= 15 is 0 Å². The Morgan fingerprint density at radius 2 is 1.60 bits per heavy atom. The number of rotatable bonds is 11. The Balaban J connectivity index is 2.11. The average Bonchev–Trinajstić information content (AvgIpc) is 2.95. The van der Waals surface area contributed by atoms with E-state index in [0.717, 1.165) is 23.1 Å². The molecule has 0 saturated carbocycles. The fourth-order valence-electron chi connectivity index (χ4n) is 3.95. The summed E-state index contributed by atoms with van der Waals surface area (Å²) in [5.74, 6) is -1.97. The van der Waals surface area contributed by atoms with Crippen molar-refractivity contribution in [2.24, 2.45) is 0 Å². The standard InChI is InChI=1S/C29H30ClF4N3O4S/c1-4-19(2)35-28(39)20(3)36(17-21-10-13-23(31)14-11-21)27(38)18-37(42(40,41)24-8-6-5-7-9-24)26-16-22(29(32,33)34)12-15-25(26)30/h5-16,19-20H,4,17-18H2,1-3H3,(H,35,39)/t19-,20+/m1/s1. The van der Waals surface area contributed by atoms with Gasteiger partial charge in [-0.2, -0.15) is 13.2 Å². The number of amides is 2. The Bertz CT molecular complexity index is 1500. The molecule has 42 heavy (non-hydrogen) atoms. The summed E-state index contributed by atoms with van der Waals surface area (Å²) < 4.78 is 82.5. The highest BCUT2D eigenvalue weighted by atomic mass is 35.5. The van der Waals surface area contributed by atoms with Gasteiger partial charge in [0, 0.05) is 12.6 Å². The van der Waals surface area contributed by atoms with Crippen LogP contribution in [0.5, 0.6) is 0 Å². The van der Waals surface area contributed by atoms with Crippen LogP contribution < -0.4 is 9.62 Å². The summed E-state index contributed by atoms with van der Waals surface area (Å²) in [7, 11) is -4.63. The molecule has 0 aliphatic carbocycles. The second-order valence-corrected chi connectivity index (χ2v) is 11.9. The van der Waals surface area contributed by atoms with Crippen LogP contribution in [0.15, 0.2) is 77.7 Å². The summed E-state index contributed by atoms with van der Waals surface area (Å²) >= 11 is 6.23. The average molecular weight is 628 g/mol. The lowest BCUT2D eigenvalue weighted by Gasteiger charge is -2.33. The number of benzene rings is 3. The quantitative estimate of drug-likeness (QED) is 0.263. The highest BCUT2D eigenvalue weighted by Crippen LogP contribution is 2.37. The number of carbonyl (C=O) groups is 2. The number of nitrogens with one attached hydrogen (secondary N) is 1. The van der Waals surface area contributed by atoms with E-state index in [4.69, 9.17) is 11.6 Å². The van der Waals surface area contributed by atoms with Gasteiger partial charge in [-0.15, -0.1) is 0 Å². The van der Waals surface area contributed by atoms with Crippen LogP contribution in [0.2, 0.25) is 5.02 Å². The third-order valence-electron chi connectivity index (χ3n) is 6.59. The maximum absolute atomic E-state index is 13.9. The fourth-order valence-corrected chi connectivity index (χ4v) is 5.66. The minimum Gasteiger partial charge on any atom is -0.352 e. The molecule has 7 nitrogen and oxygen atoms in total. The van der Waals surface area contributed by atoms with Crippen molar-refractivity contribution in [3.63, 3.8) is 0 Å². The van der Waals surface area contributed by atoms with Crippen molar-refractivity contribution in [2.75, 3.05) is 10.8 Å². The molecule has 2 atom stereocenters. The normalized spacial score (nSPS) is 13.2. The van der Waals surface area contributed by atoms with Crippen LogP contribution in [0, 0.1) is 5.82 Å². The van der Waals surface area contributed by atoms with Gasteiger partial charge in [-0.05, 0) is 68.3 Å². The summed E-state index contributed by atoms with van der Waals surface area (Å²) in [5, 5.41) is 2.42. The molecule has 0 aliphatic rings. The molecule has 3 aromatic carbocycles. The largest absolute Gasteiger partial charge is 0.416 e. The first-order chi connectivity index (χ1) is 19.6. The maximum atomic E-state index is 13.9. The van der Waals surface area contributed by atoms with Gasteiger partial charge >= 0.3 is 6.18 Å². The van der Waals surface area contributed by atoms with E-state index in [2.05, 4.69) is 5.32 Å². The predicted molar refractivity (Wildman–Crippen MR) is 152 cm³/mol. The minimum atomic E-state index is -4.83. The molecule has 0 radical (unpaired) electrons. The molecule has 0 spiro atoms. The summed E-state index contributed by atoms with van der Waals surface area (Å²) in [6.07, 6.45) is -4.23. The zero-order valence-electron chi connectivity index (χ0n) is 23.0. The Hall–Kier alpha value is -3.64. The van der Waals surface area contributed by atoms with E-state index < -0.39 is 57.7 Å². The van der Waals surface area contributed by atoms with Crippen molar-refractivity contribution < 1.29 is 35.6 Å². The van der Waals surface area contributed by atoms with Gasteiger partial charge in [-0.3, -0.25) is 13.9 Å². The van der Waals surface area contributed by atoms with Gasteiger partial charge in [-0.1, -0.05) is 48.9 Å².